The van der Waals surface area contributed by atoms with Gasteiger partial charge in [-0.1, -0.05) is 46.5 Å². The van der Waals surface area contributed by atoms with Gasteiger partial charge in [-0.2, -0.15) is 0 Å². The molecule has 9 nitrogen and oxygen atoms in total. The molecule has 3 N–H and O–H groups in total. The minimum absolute atomic E-state index is 0.0208. The lowest BCUT2D eigenvalue weighted by Crippen LogP contribution is -2.41. The third-order valence-electron chi connectivity index (χ3n) is 4.81. The number of nitrogens with zero attached hydrogens (tertiary/aromatic N) is 2. The smallest absolute Gasteiger partial charge is 0.330 e. The number of ether oxygens (including phenoxy) is 1. The molecule has 0 radical (unpaired) electrons. The first-order valence-electron chi connectivity index (χ1n) is 11.0. The Morgan fingerprint density at radius 3 is 2.30 bits per heavy atom. The van der Waals surface area contributed by atoms with Gasteiger partial charge in [-0.05, 0) is 19.3 Å². The Morgan fingerprint density at radius 2 is 1.67 bits per heavy atom. The first-order chi connectivity index (χ1) is 14.4. The highest BCUT2D eigenvalue weighted by molar-refractivity contribution is 5.96. The number of rotatable bonds is 14. The maximum Gasteiger partial charge on any atom is 0.330 e. The van der Waals surface area contributed by atoms with Crippen molar-refractivity contribution >= 4 is 23.4 Å². The van der Waals surface area contributed by atoms with E-state index < -0.39 is 23.1 Å². The molecule has 170 valence electrons. The van der Waals surface area contributed by atoms with Crippen molar-refractivity contribution in [3.63, 3.8) is 0 Å². The van der Waals surface area contributed by atoms with E-state index in [4.69, 9.17) is 10.5 Å². The van der Waals surface area contributed by atoms with Crippen molar-refractivity contribution < 1.29 is 14.3 Å². The van der Waals surface area contributed by atoms with Crippen molar-refractivity contribution in [2.24, 2.45) is 0 Å². The number of carbonyl (C=O) groups excluding carboxylic acids is 2. The summed E-state index contributed by atoms with van der Waals surface area (Å²) in [6.45, 7) is 6.98. The molecule has 1 heterocycles. The average molecular weight is 425 g/mol. The van der Waals surface area contributed by atoms with Gasteiger partial charge in [0.1, 0.15) is 5.82 Å². The highest BCUT2D eigenvalue weighted by Crippen LogP contribution is 2.19. The van der Waals surface area contributed by atoms with Gasteiger partial charge in [-0.3, -0.25) is 23.9 Å². The highest BCUT2D eigenvalue weighted by atomic mass is 16.5. The normalized spacial score (nSPS) is 10.8. The Hall–Kier alpha value is -2.58. The molecule has 0 aliphatic carbocycles. The molecule has 1 aromatic heterocycles. The van der Waals surface area contributed by atoms with Crippen LogP contribution in [-0.2, 0) is 20.9 Å². The number of unbranched alkanes of at least 4 members (excludes halogenated alkanes) is 4. The first kappa shape index (κ1) is 25.5. The molecule has 9 heteroatoms. The SMILES string of the molecule is CCCCCN(C(=O)CCC(=O)OCCCC)c1c(N)n(CCCC)c(=O)[nH]c1=O. The second kappa shape index (κ2) is 13.6. The zero-order valence-electron chi connectivity index (χ0n) is 18.5. The van der Waals surface area contributed by atoms with Crippen LogP contribution in [0.4, 0.5) is 11.5 Å². The summed E-state index contributed by atoms with van der Waals surface area (Å²) in [5.41, 5.74) is 4.86. The number of hydrogen-bond donors (Lipinski definition) is 2. The summed E-state index contributed by atoms with van der Waals surface area (Å²) < 4.78 is 6.39. The van der Waals surface area contributed by atoms with E-state index in [1.165, 1.54) is 9.47 Å². The number of aromatic amines is 1. The fourth-order valence-electron chi connectivity index (χ4n) is 3.00. The molecule has 0 fully saturated rings. The van der Waals surface area contributed by atoms with Crippen LogP contribution < -0.4 is 21.9 Å². The van der Waals surface area contributed by atoms with Crippen molar-refractivity contribution in [2.45, 2.75) is 85.1 Å². The molecule has 0 aliphatic heterocycles. The molecule has 0 atom stereocenters. The van der Waals surface area contributed by atoms with Crippen molar-refractivity contribution in [3.8, 4) is 0 Å². The third-order valence-corrected chi connectivity index (χ3v) is 4.81. The second-order valence-corrected chi connectivity index (χ2v) is 7.32. The van der Waals surface area contributed by atoms with Gasteiger partial charge in [0.2, 0.25) is 5.91 Å². The predicted molar refractivity (Wildman–Crippen MR) is 118 cm³/mol. The molecular weight excluding hydrogens is 388 g/mol. The standard InChI is InChI=1S/C21H36N4O5/c1-4-7-10-14-24(16(26)11-12-17(27)30-15-9-6-3)18-19(22)25(13-8-5-2)21(29)23-20(18)28/h4-15,22H2,1-3H3,(H,23,28,29). The van der Waals surface area contributed by atoms with Crippen LogP contribution in [0.3, 0.4) is 0 Å². The number of carbonyl (C=O) groups is 2. The largest absolute Gasteiger partial charge is 0.466 e. The van der Waals surface area contributed by atoms with Crippen LogP contribution in [-0.4, -0.2) is 34.6 Å². The third kappa shape index (κ3) is 7.68. The van der Waals surface area contributed by atoms with Crippen LogP contribution in [0.25, 0.3) is 0 Å². The van der Waals surface area contributed by atoms with Gasteiger partial charge in [-0.15, -0.1) is 0 Å². The number of esters is 1. The van der Waals surface area contributed by atoms with Crippen LogP contribution in [0.15, 0.2) is 9.59 Å². The van der Waals surface area contributed by atoms with Crippen molar-refractivity contribution in [1.82, 2.24) is 9.55 Å². The summed E-state index contributed by atoms with van der Waals surface area (Å²) in [4.78, 5) is 53.1. The van der Waals surface area contributed by atoms with Crippen molar-refractivity contribution in [3.05, 3.63) is 20.8 Å². The second-order valence-electron chi connectivity index (χ2n) is 7.32. The van der Waals surface area contributed by atoms with Gasteiger partial charge in [-0.25, -0.2) is 4.79 Å². The van der Waals surface area contributed by atoms with E-state index in [-0.39, 0.29) is 30.9 Å². The zero-order valence-corrected chi connectivity index (χ0v) is 18.5. The maximum absolute atomic E-state index is 12.9. The Kier molecular flexibility index (Phi) is 11.5. The number of nitrogens with one attached hydrogen (secondary N) is 1. The summed E-state index contributed by atoms with van der Waals surface area (Å²) in [7, 11) is 0. The van der Waals surface area contributed by atoms with Crippen LogP contribution in [0.5, 0.6) is 0 Å². The molecule has 1 amide bonds. The number of hydrogen-bond acceptors (Lipinski definition) is 6. The minimum atomic E-state index is -0.694. The van der Waals surface area contributed by atoms with Gasteiger partial charge in [0.15, 0.2) is 5.69 Å². The van der Waals surface area contributed by atoms with E-state index >= 15 is 0 Å². The van der Waals surface area contributed by atoms with Crippen LogP contribution >= 0.6 is 0 Å². The molecule has 0 unspecified atom stereocenters. The Balaban J connectivity index is 3.09. The van der Waals surface area contributed by atoms with Crippen LogP contribution in [0.1, 0.15) is 78.6 Å². The van der Waals surface area contributed by atoms with E-state index in [1.54, 1.807) is 0 Å². The van der Waals surface area contributed by atoms with Crippen LogP contribution in [0.2, 0.25) is 0 Å². The number of aromatic nitrogens is 2. The molecule has 0 spiro atoms. The number of nitrogen functional groups attached to an aromatic ring is 1. The van der Waals surface area contributed by atoms with Gasteiger partial charge < -0.3 is 15.4 Å². The lowest BCUT2D eigenvalue weighted by Gasteiger charge is -2.24. The number of amides is 1. The molecule has 30 heavy (non-hydrogen) atoms. The summed E-state index contributed by atoms with van der Waals surface area (Å²) in [5.74, 6) is -0.857. The van der Waals surface area contributed by atoms with Gasteiger partial charge in [0.25, 0.3) is 5.56 Å². The van der Waals surface area contributed by atoms with Crippen LogP contribution in [0, 0.1) is 0 Å². The fourth-order valence-corrected chi connectivity index (χ4v) is 3.00. The van der Waals surface area contributed by atoms with E-state index in [0.29, 0.717) is 26.0 Å². The number of nitrogens with two attached hydrogens (primary N) is 1. The lowest BCUT2D eigenvalue weighted by atomic mass is 10.2. The van der Waals surface area contributed by atoms with Gasteiger partial charge in [0.05, 0.1) is 13.0 Å². The molecule has 0 saturated heterocycles. The molecule has 0 bridgehead atoms. The molecule has 1 rings (SSSR count). The average Bonchev–Trinajstić information content (AvgIpc) is 2.70. The number of H-pyrrole nitrogens is 1. The minimum Gasteiger partial charge on any atom is -0.466 e. The van der Waals surface area contributed by atoms with Gasteiger partial charge >= 0.3 is 11.7 Å². The van der Waals surface area contributed by atoms with Gasteiger partial charge in [0, 0.05) is 19.5 Å². The maximum atomic E-state index is 12.9. The summed E-state index contributed by atoms with van der Waals surface area (Å²) in [6.07, 6.45) is 5.56. The Morgan fingerprint density at radius 1 is 1.00 bits per heavy atom. The van der Waals surface area contributed by atoms with E-state index in [2.05, 4.69) is 4.98 Å². The Labute approximate surface area is 177 Å². The number of anilines is 2. The van der Waals surface area contributed by atoms with Crippen molar-refractivity contribution in [1.29, 1.82) is 0 Å². The summed E-state index contributed by atoms with van der Waals surface area (Å²) >= 11 is 0. The topological polar surface area (TPSA) is 127 Å². The first-order valence-corrected chi connectivity index (χ1v) is 11.0. The monoisotopic (exact) mass is 424 g/mol. The quantitative estimate of drug-likeness (QED) is 0.349. The summed E-state index contributed by atoms with van der Waals surface area (Å²) in [6, 6.07) is 0. The molecule has 1 aromatic rings. The van der Waals surface area contributed by atoms with E-state index in [1.807, 2.05) is 20.8 Å². The highest BCUT2D eigenvalue weighted by Gasteiger charge is 2.24. The molecule has 0 aliphatic rings. The molecule has 0 saturated carbocycles. The zero-order chi connectivity index (χ0) is 22.5. The molecular formula is C21H36N4O5. The van der Waals surface area contributed by atoms with E-state index in [0.717, 1.165) is 32.1 Å². The van der Waals surface area contributed by atoms with E-state index in [9.17, 15) is 19.2 Å². The Bertz CT molecular complexity index is 800. The lowest BCUT2D eigenvalue weighted by molar-refractivity contribution is -0.144. The van der Waals surface area contributed by atoms with Crippen molar-refractivity contribution in [2.75, 3.05) is 23.8 Å². The fraction of sp³-hybridized carbons (Fsp3) is 0.714. The predicted octanol–water partition coefficient (Wildman–Crippen LogP) is 2.57. The summed E-state index contributed by atoms with van der Waals surface area (Å²) in [5, 5.41) is 0. The molecule has 0 aromatic carbocycles.